The van der Waals surface area contributed by atoms with E-state index in [1.54, 1.807) is 44.6 Å². The number of carbonyl (C=O) groups excluding carboxylic acids is 1. The fourth-order valence-electron chi connectivity index (χ4n) is 2.11. The zero-order valence-corrected chi connectivity index (χ0v) is 13.2. The highest BCUT2D eigenvalue weighted by Gasteiger charge is 2.11. The van der Waals surface area contributed by atoms with Crippen LogP contribution in [0.4, 0.5) is 0 Å². The van der Waals surface area contributed by atoms with Crippen LogP contribution in [0.2, 0.25) is 0 Å². The van der Waals surface area contributed by atoms with Crippen molar-refractivity contribution >= 4 is 17.1 Å². The van der Waals surface area contributed by atoms with Crippen LogP contribution in [0.3, 0.4) is 0 Å². The lowest BCUT2D eigenvalue weighted by molar-refractivity contribution is 0.0827. The van der Waals surface area contributed by atoms with Gasteiger partial charge in [-0.05, 0) is 18.2 Å². The molecule has 7 nitrogen and oxygen atoms in total. The molecule has 3 aromatic rings. The zero-order valence-electron chi connectivity index (χ0n) is 13.2. The molecule has 2 aromatic heterocycles. The van der Waals surface area contributed by atoms with Crippen molar-refractivity contribution in [1.29, 1.82) is 0 Å². The predicted octanol–water partition coefficient (Wildman–Crippen LogP) is 2.41. The minimum Gasteiger partial charge on any atom is -0.424 e. The van der Waals surface area contributed by atoms with Crippen LogP contribution in [0.5, 0.6) is 11.8 Å². The van der Waals surface area contributed by atoms with E-state index in [0.717, 1.165) is 17.8 Å². The topological polar surface area (TPSA) is 84.0 Å². The highest BCUT2D eigenvalue weighted by molar-refractivity contribution is 5.94. The molecule has 0 saturated carbocycles. The van der Waals surface area contributed by atoms with E-state index >= 15 is 0 Å². The van der Waals surface area contributed by atoms with Crippen LogP contribution in [0.1, 0.15) is 23.1 Å². The number of hydrogen-bond acceptors (Lipinski definition) is 5. The molecular formula is C16H17N5O2. The second-order valence-corrected chi connectivity index (χ2v) is 5.26. The Kier molecular flexibility index (Phi) is 3.92. The minimum absolute atomic E-state index is 0.0910. The van der Waals surface area contributed by atoms with Crippen molar-refractivity contribution in [2.24, 2.45) is 0 Å². The van der Waals surface area contributed by atoms with Gasteiger partial charge in [0.05, 0.1) is 6.20 Å². The molecular weight excluding hydrogens is 294 g/mol. The molecule has 1 N–H and O–H groups in total. The third-order valence-corrected chi connectivity index (χ3v) is 3.30. The lowest BCUT2D eigenvalue weighted by atomic mass is 10.2. The highest BCUT2D eigenvalue weighted by Crippen LogP contribution is 2.21. The summed E-state index contributed by atoms with van der Waals surface area (Å²) in [6.45, 7) is 2.01. The summed E-state index contributed by atoms with van der Waals surface area (Å²) in [5, 5.41) is 0. The summed E-state index contributed by atoms with van der Waals surface area (Å²) in [5.41, 5.74) is 1.87. The number of hydrogen-bond donors (Lipinski definition) is 1. The quantitative estimate of drug-likeness (QED) is 0.800. The van der Waals surface area contributed by atoms with Crippen molar-refractivity contribution in [2.75, 3.05) is 14.1 Å². The Hall–Kier alpha value is -2.96. The normalized spacial score (nSPS) is 10.7. The average molecular weight is 311 g/mol. The maximum absolute atomic E-state index is 12.0. The number of aryl methyl sites for hydroxylation is 1. The summed E-state index contributed by atoms with van der Waals surface area (Å²) >= 11 is 0. The maximum atomic E-state index is 12.0. The van der Waals surface area contributed by atoms with Crippen molar-refractivity contribution in [3.8, 4) is 11.8 Å². The number of benzene rings is 1. The van der Waals surface area contributed by atoms with Crippen LogP contribution in [-0.4, -0.2) is 44.8 Å². The molecule has 0 radical (unpaired) electrons. The smallest absolute Gasteiger partial charge is 0.324 e. The number of carbonyl (C=O) groups is 1. The van der Waals surface area contributed by atoms with Crippen molar-refractivity contribution in [2.45, 2.75) is 13.3 Å². The highest BCUT2D eigenvalue weighted by atomic mass is 16.5. The fraction of sp³-hybridized carbons (Fsp3) is 0.250. The Morgan fingerprint density at radius 1 is 1.30 bits per heavy atom. The van der Waals surface area contributed by atoms with Crippen LogP contribution >= 0.6 is 0 Å². The Morgan fingerprint density at radius 3 is 2.87 bits per heavy atom. The van der Waals surface area contributed by atoms with E-state index in [1.807, 2.05) is 6.92 Å². The summed E-state index contributed by atoms with van der Waals surface area (Å²) < 4.78 is 5.65. The number of amides is 1. The molecule has 0 fully saturated rings. The molecule has 0 spiro atoms. The van der Waals surface area contributed by atoms with Crippen LogP contribution in [0, 0.1) is 0 Å². The predicted molar refractivity (Wildman–Crippen MR) is 85.6 cm³/mol. The van der Waals surface area contributed by atoms with E-state index < -0.39 is 0 Å². The second-order valence-electron chi connectivity index (χ2n) is 5.26. The van der Waals surface area contributed by atoms with Gasteiger partial charge >= 0.3 is 6.01 Å². The van der Waals surface area contributed by atoms with E-state index in [-0.39, 0.29) is 11.9 Å². The van der Waals surface area contributed by atoms with Gasteiger partial charge in [0, 0.05) is 26.1 Å². The van der Waals surface area contributed by atoms with Crippen LogP contribution < -0.4 is 4.74 Å². The number of H-pyrrole nitrogens is 1. The monoisotopic (exact) mass is 311 g/mol. The summed E-state index contributed by atoms with van der Waals surface area (Å²) in [6.07, 6.45) is 2.43. The molecule has 0 aliphatic heterocycles. The number of aromatic amines is 1. The summed E-state index contributed by atoms with van der Waals surface area (Å²) in [5.74, 6) is 1.26. The van der Waals surface area contributed by atoms with Gasteiger partial charge in [-0.15, -0.1) is 0 Å². The second kappa shape index (κ2) is 6.04. The van der Waals surface area contributed by atoms with Crippen LogP contribution in [0.15, 0.2) is 30.5 Å². The van der Waals surface area contributed by atoms with Gasteiger partial charge in [-0.2, -0.15) is 4.98 Å². The van der Waals surface area contributed by atoms with E-state index in [2.05, 4.69) is 19.9 Å². The largest absolute Gasteiger partial charge is 0.424 e. The lowest BCUT2D eigenvalue weighted by Crippen LogP contribution is -2.21. The Labute approximate surface area is 133 Å². The van der Waals surface area contributed by atoms with Gasteiger partial charge in [-0.25, -0.2) is 9.97 Å². The number of nitrogens with zero attached hydrogens (tertiary/aromatic N) is 4. The SMILES string of the molecule is CCc1nc2nc(Oc3cccc(C(=O)N(C)C)c3)ncc2[nH]1. The van der Waals surface area contributed by atoms with Gasteiger partial charge in [0.1, 0.15) is 17.1 Å². The first-order chi connectivity index (χ1) is 11.1. The van der Waals surface area contributed by atoms with Crippen molar-refractivity contribution in [1.82, 2.24) is 24.8 Å². The zero-order chi connectivity index (χ0) is 16.4. The molecule has 0 bridgehead atoms. The summed E-state index contributed by atoms with van der Waals surface area (Å²) in [6, 6.07) is 7.11. The van der Waals surface area contributed by atoms with Crippen LogP contribution in [-0.2, 0) is 6.42 Å². The molecule has 0 aliphatic rings. The number of rotatable bonds is 4. The number of ether oxygens (including phenoxy) is 1. The Morgan fingerprint density at radius 2 is 2.13 bits per heavy atom. The molecule has 3 rings (SSSR count). The van der Waals surface area contributed by atoms with E-state index in [1.165, 1.54) is 4.90 Å². The molecule has 118 valence electrons. The summed E-state index contributed by atoms with van der Waals surface area (Å²) in [4.78, 5) is 29.4. The Balaban J connectivity index is 1.86. The molecule has 0 atom stereocenters. The number of aromatic nitrogens is 4. The number of fused-ring (bicyclic) bond motifs is 1. The van der Waals surface area contributed by atoms with Gasteiger partial charge in [-0.1, -0.05) is 13.0 Å². The molecule has 0 unspecified atom stereocenters. The third kappa shape index (κ3) is 3.13. The van der Waals surface area contributed by atoms with Gasteiger partial charge in [-0.3, -0.25) is 4.79 Å². The standard InChI is InChI=1S/C16H17N5O2/c1-4-13-18-12-9-17-16(20-14(12)19-13)23-11-7-5-6-10(8-11)15(22)21(2)3/h5-9H,4H2,1-3H3,(H,17,18,19,20). The van der Waals surface area contributed by atoms with E-state index in [0.29, 0.717) is 17.0 Å². The maximum Gasteiger partial charge on any atom is 0.324 e. The van der Waals surface area contributed by atoms with Gasteiger partial charge in [0.25, 0.3) is 5.91 Å². The molecule has 0 aliphatic carbocycles. The van der Waals surface area contributed by atoms with Crippen molar-refractivity contribution < 1.29 is 9.53 Å². The first-order valence-corrected chi connectivity index (χ1v) is 7.28. The first-order valence-electron chi connectivity index (χ1n) is 7.28. The van der Waals surface area contributed by atoms with Gasteiger partial charge < -0.3 is 14.6 Å². The molecule has 0 saturated heterocycles. The minimum atomic E-state index is -0.0910. The first kappa shape index (κ1) is 15.0. The third-order valence-electron chi connectivity index (χ3n) is 3.30. The molecule has 1 amide bonds. The molecule has 7 heteroatoms. The number of imidazole rings is 1. The average Bonchev–Trinajstić information content (AvgIpc) is 2.96. The van der Waals surface area contributed by atoms with Crippen molar-refractivity contribution in [3.05, 3.63) is 41.9 Å². The number of nitrogens with one attached hydrogen (secondary N) is 1. The van der Waals surface area contributed by atoms with E-state index in [4.69, 9.17) is 4.74 Å². The van der Waals surface area contributed by atoms with Crippen molar-refractivity contribution in [3.63, 3.8) is 0 Å². The fourth-order valence-corrected chi connectivity index (χ4v) is 2.11. The van der Waals surface area contributed by atoms with E-state index in [9.17, 15) is 4.79 Å². The molecule has 1 aromatic carbocycles. The van der Waals surface area contributed by atoms with Gasteiger partial charge in [0.2, 0.25) is 0 Å². The lowest BCUT2D eigenvalue weighted by Gasteiger charge is -2.11. The summed E-state index contributed by atoms with van der Waals surface area (Å²) in [7, 11) is 3.41. The van der Waals surface area contributed by atoms with Gasteiger partial charge in [0.15, 0.2) is 5.65 Å². The molecule has 23 heavy (non-hydrogen) atoms. The van der Waals surface area contributed by atoms with Crippen LogP contribution in [0.25, 0.3) is 11.2 Å². The Bertz CT molecular complexity index is 857. The molecule has 2 heterocycles.